The van der Waals surface area contributed by atoms with E-state index in [1.807, 2.05) is 19.9 Å². The van der Waals surface area contributed by atoms with Crippen LogP contribution in [0.4, 0.5) is 10.2 Å². The maximum Gasteiger partial charge on any atom is 0.263 e. The number of nitrogens with two attached hydrogens (primary N) is 1. The molecular formula is C19H21ClFN7OS. The quantitative estimate of drug-likeness (QED) is 0.459. The normalized spacial score (nSPS) is 11.9. The molecule has 0 aliphatic carbocycles. The van der Waals surface area contributed by atoms with E-state index < -0.39 is 11.9 Å². The van der Waals surface area contributed by atoms with Gasteiger partial charge >= 0.3 is 0 Å². The maximum atomic E-state index is 14.0. The molecular weight excluding hydrogens is 429 g/mol. The van der Waals surface area contributed by atoms with E-state index in [0.29, 0.717) is 10.6 Å². The van der Waals surface area contributed by atoms with Crippen molar-refractivity contribution < 1.29 is 9.18 Å². The predicted octanol–water partition coefficient (Wildman–Crippen LogP) is 2.88. The Morgan fingerprint density at radius 3 is 2.70 bits per heavy atom. The number of carbonyl (C=O) groups excluding carboxylic acids is 1. The van der Waals surface area contributed by atoms with Gasteiger partial charge < -0.3 is 5.73 Å². The number of hydrogen-bond donors (Lipinski definition) is 2. The van der Waals surface area contributed by atoms with Crippen molar-refractivity contribution in [2.45, 2.75) is 33.4 Å². The van der Waals surface area contributed by atoms with Crippen LogP contribution in [-0.2, 0) is 11.3 Å². The number of hydrogen-bond acceptors (Lipinski definition) is 4. The van der Waals surface area contributed by atoms with E-state index in [1.165, 1.54) is 21.8 Å². The molecule has 0 aliphatic rings. The zero-order valence-corrected chi connectivity index (χ0v) is 18.2. The fourth-order valence-corrected chi connectivity index (χ4v) is 3.34. The first-order chi connectivity index (χ1) is 14.2. The molecule has 2 heterocycles. The van der Waals surface area contributed by atoms with Crippen molar-refractivity contribution in [2.24, 2.45) is 5.73 Å². The van der Waals surface area contributed by atoms with Gasteiger partial charge in [0.15, 0.2) is 10.9 Å². The number of halogens is 2. The number of aromatic nitrogens is 4. The van der Waals surface area contributed by atoms with Crippen molar-refractivity contribution in [1.82, 2.24) is 25.0 Å². The first kappa shape index (κ1) is 21.7. The van der Waals surface area contributed by atoms with E-state index in [4.69, 9.17) is 29.6 Å². The van der Waals surface area contributed by atoms with Crippen LogP contribution in [0.1, 0.15) is 29.9 Å². The number of hydrazine groups is 1. The lowest BCUT2D eigenvalue weighted by Crippen LogP contribution is -2.51. The van der Waals surface area contributed by atoms with E-state index in [2.05, 4.69) is 15.6 Å². The Balaban J connectivity index is 1.78. The van der Waals surface area contributed by atoms with Crippen molar-refractivity contribution in [2.75, 3.05) is 5.01 Å². The third kappa shape index (κ3) is 4.60. The van der Waals surface area contributed by atoms with Gasteiger partial charge in [-0.15, -0.1) is 0 Å². The van der Waals surface area contributed by atoms with Crippen LogP contribution in [0.15, 0.2) is 36.5 Å². The molecule has 3 rings (SSSR count). The molecule has 0 saturated heterocycles. The summed E-state index contributed by atoms with van der Waals surface area (Å²) in [7, 11) is 0. The number of nitrogens with one attached hydrogen (secondary N) is 1. The molecule has 3 aromatic rings. The molecule has 1 atom stereocenters. The molecule has 0 saturated carbocycles. The molecule has 1 aromatic carbocycles. The van der Waals surface area contributed by atoms with Crippen LogP contribution >= 0.6 is 23.8 Å². The Labute approximate surface area is 183 Å². The number of benzene rings is 1. The standard InChI is InChI=1S/C19H21ClFN7OS/c1-11-9-12(2)27(23-11)13(3)18(29)25-28(19(22)30)17-7-8-26(24-17)10-14-15(20)5-4-6-16(14)21/h4-9,13H,10H2,1-3H3,(H2,22,30)(H,25,29). The number of rotatable bonds is 5. The van der Waals surface area contributed by atoms with Crippen LogP contribution in [-0.4, -0.2) is 30.6 Å². The average molecular weight is 450 g/mol. The maximum absolute atomic E-state index is 14.0. The summed E-state index contributed by atoms with van der Waals surface area (Å²) in [5.74, 6) is -0.526. The van der Waals surface area contributed by atoms with Gasteiger partial charge in [0.25, 0.3) is 5.91 Å². The molecule has 11 heteroatoms. The molecule has 30 heavy (non-hydrogen) atoms. The van der Waals surface area contributed by atoms with Crippen LogP contribution in [0.25, 0.3) is 0 Å². The minimum atomic E-state index is -0.602. The first-order valence-corrected chi connectivity index (χ1v) is 9.85. The molecule has 0 fully saturated rings. The lowest BCUT2D eigenvalue weighted by atomic mass is 10.2. The highest BCUT2D eigenvalue weighted by atomic mass is 35.5. The van der Waals surface area contributed by atoms with E-state index in [9.17, 15) is 9.18 Å². The molecule has 0 radical (unpaired) electrons. The summed E-state index contributed by atoms with van der Waals surface area (Å²) in [6.07, 6.45) is 1.61. The van der Waals surface area contributed by atoms with Crippen LogP contribution in [0.5, 0.6) is 0 Å². The highest BCUT2D eigenvalue weighted by Crippen LogP contribution is 2.21. The summed E-state index contributed by atoms with van der Waals surface area (Å²) in [4.78, 5) is 12.7. The highest BCUT2D eigenvalue weighted by molar-refractivity contribution is 7.80. The van der Waals surface area contributed by atoms with Gasteiger partial charge in [0.1, 0.15) is 11.9 Å². The smallest absolute Gasteiger partial charge is 0.263 e. The fraction of sp³-hybridized carbons (Fsp3) is 0.263. The molecule has 2 aromatic heterocycles. The first-order valence-electron chi connectivity index (χ1n) is 9.06. The molecule has 0 bridgehead atoms. The van der Waals surface area contributed by atoms with E-state index >= 15 is 0 Å². The summed E-state index contributed by atoms with van der Waals surface area (Å²) in [5, 5.41) is 10.0. The SMILES string of the molecule is Cc1cc(C)n(C(C)C(=O)NN(C(N)=S)c2ccn(Cc3c(F)cccc3Cl)n2)n1. The zero-order valence-electron chi connectivity index (χ0n) is 16.6. The Bertz CT molecular complexity index is 1080. The van der Waals surface area contributed by atoms with Gasteiger partial charge in [-0.2, -0.15) is 10.2 Å². The lowest BCUT2D eigenvalue weighted by molar-refractivity contribution is -0.124. The number of carbonyl (C=O) groups is 1. The predicted molar refractivity (Wildman–Crippen MR) is 117 cm³/mol. The average Bonchev–Trinajstić information content (AvgIpc) is 3.27. The second-order valence-corrected chi connectivity index (χ2v) is 7.59. The molecule has 1 unspecified atom stereocenters. The Hall–Kier alpha value is -2.98. The van der Waals surface area contributed by atoms with Gasteiger partial charge in [0.2, 0.25) is 0 Å². The summed E-state index contributed by atoms with van der Waals surface area (Å²) in [6, 6.07) is 7.34. The third-order valence-corrected chi connectivity index (χ3v) is 5.01. The van der Waals surface area contributed by atoms with Crippen LogP contribution in [0.3, 0.4) is 0 Å². The Morgan fingerprint density at radius 2 is 2.10 bits per heavy atom. The van der Waals surface area contributed by atoms with Gasteiger partial charge in [-0.25, -0.2) is 9.40 Å². The monoisotopic (exact) mass is 449 g/mol. The number of thiocarbonyl (C=S) groups is 1. The molecule has 0 spiro atoms. The van der Waals surface area contributed by atoms with Crippen molar-refractivity contribution in [3.63, 3.8) is 0 Å². The van der Waals surface area contributed by atoms with Gasteiger partial charge in [-0.1, -0.05) is 17.7 Å². The number of nitrogens with zero attached hydrogens (tertiary/aromatic N) is 5. The topological polar surface area (TPSA) is 94.0 Å². The summed E-state index contributed by atoms with van der Waals surface area (Å²) in [5.41, 5.74) is 10.4. The summed E-state index contributed by atoms with van der Waals surface area (Å²) >= 11 is 11.1. The second-order valence-electron chi connectivity index (χ2n) is 6.77. The number of amides is 1. The zero-order chi connectivity index (χ0) is 22.0. The Morgan fingerprint density at radius 1 is 1.37 bits per heavy atom. The van der Waals surface area contributed by atoms with E-state index in [-0.39, 0.29) is 23.4 Å². The summed E-state index contributed by atoms with van der Waals surface area (Å²) in [6.45, 7) is 5.53. The second kappa shape index (κ2) is 8.80. The molecule has 0 aliphatic heterocycles. The third-order valence-electron chi connectivity index (χ3n) is 4.47. The number of anilines is 1. The van der Waals surface area contributed by atoms with E-state index in [1.54, 1.807) is 29.9 Å². The lowest BCUT2D eigenvalue weighted by Gasteiger charge is -2.23. The molecule has 1 amide bonds. The Kier molecular flexibility index (Phi) is 6.37. The van der Waals surface area contributed by atoms with Crippen molar-refractivity contribution in [3.8, 4) is 0 Å². The van der Waals surface area contributed by atoms with Crippen molar-refractivity contribution >= 4 is 40.7 Å². The van der Waals surface area contributed by atoms with Crippen LogP contribution in [0.2, 0.25) is 5.02 Å². The molecule has 158 valence electrons. The van der Waals surface area contributed by atoms with Crippen molar-refractivity contribution in [3.05, 3.63) is 64.3 Å². The van der Waals surface area contributed by atoms with E-state index in [0.717, 1.165) is 11.4 Å². The highest BCUT2D eigenvalue weighted by Gasteiger charge is 2.23. The van der Waals surface area contributed by atoms with Crippen molar-refractivity contribution in [1.29, 1.82) is 0 Å². The van der Waals surface area contributed by atoms with Gasteiger partial charge in [0, 0.05) is 28.5 Å². The minimum Gasteiger partial charge on any atom is -0.374 e. The molecule has 3 N–H and O–H groups in total. The van der Waals surface area contributed by atoms with Gasteiger partial charge in [-0.3, -0.25) is 19.6 Å². The van der Waals surface area contributed by atoms with Crippen LogP contribution in [0, 0.1) is 19.7 Å². The minimum absolute atomic E-state index is 0.0990. The summed E-state index contributed by atoms with van der Waals surface area (Å²) < 4.78 is 17.1. The largest absolute Gasteiger partial charge is 0.374 e. The van der Waals surface area contributed by atoms with Gasteiger partial charge in [0.05, 0.1) is 12.2 Å². The molecule has 8 nitrogen and oxygen atoms in total. The fourth-order valence-electron chi connectivity index (χ4n) is 2.98. The van der Waals surface area contributed by atoms with Crippen LogP contribution < -0.4 is 16.2 Å². The van der Waals surface area contributed by atoms with Gasteiger partial charge in [-0.05, 0) is 51.2 Å². The number of aryl methyl sites for hydroxylation is 2.